The SMILES string of the molecule is Cn1nc(-c2cccc(I)c2)c(-c2cccc(Br)c2)c1N. The third kappa shape index (κ3) is 2.85. The molecule has 2 N–H and O–H groups in total. The van der Waals surface area contributed by atoms with E-state index in [4.69, 9.17) is 5.73 Å². The number of hydrogen-bond donors (Lipinski definition) is 1. The van der Waals surface area contributed by atoms with Crippen molar-refractivity contribution in [2.24, 2.45) is 7.05 Å². The Balaban J connectivity index is 2.25. The van der Waals surface area contributed by atoms with E-state index >= 15 is 0 Å². The van der Waals surface area contributed by atoms with Gasteiger partial charge in [-0.25, -0.2) is 0 Å². The smallest absolute Gasteiger partial charge is 0.129 e. The van der Waals surface area contributed by atoms with Crippen molar-refractivity contribution in [3.8, 4) is 22.4 Å². The summed E-state index contributed by atoms with van der Waals surface area (Å²) in [7, 11) is 1.87. The van der Waals surface area contributed by atoms with Gasteiger partial charge in [-0.3, -0.25) is 4.68 Å². The summed E-state index contributed by atoms with van der Waals surface area (Å²) in [4.78, 5) is 0. The van der Waals surface area contributed by atoms with Crippen LogP contribution in [0.25, 0.3) is 22.4 Å². The number of hydrogen-bond acceptors (Lipinski definition) is 2. The van der Waals surface area contributed by atoms with Gasteiger partial charge in [-0.2, -0.15) is 5.10 Å². The van der Waals surface area contributed by atoms with Gasteiger partial charge in [0.05, 0.1) is 5.56 Å². The van der Waals surface area contributed by atoms with Gasteiger partial charge in [-0.15, -0.1) is 0 Å². The molecule has 0 aliphatic heterocycles. The van der Waals surface area contributed by atoms with Gasteiger partial charge in [-0.05, 0) is 52.4 Å². The minimum absolute atomic E-state index is 0.668. The minimum atomic E-state index is 0.668. The third-order valence-electron chi connectivity index (χ3n) is 3.30. The summed E-state index contributed by atoms with van der Waals surface area (Å²) in [6, 6.07) is 16.4. The van der Waals surface area contributed by atoms with Gasteiger partial charge in [0.2, 0.25) is 0 Å². The first-order valence-electron chi connectivity index (χ1n) is 6.40. The number of aromatic nitrogens is 2. The van der Waals surface area contributed by atoms with Gasteiger partial charge in [0.25, 0.3) is 0 Å². The van der Waals surface area contributed by atoms with Crippen LogP contribution in [-0.2, 0) is 7.05 Å². The number of nitrogen functional groups attached to an aromatic ring is 1. The summed E-state index contributed by atoms with van der Waals surface area (Å²) >= 11 is 5.82. The number of nitrogens with two attached hydrogens (primary N) is 1. The first-order valence-corrected chi connectivity index (χ1v) is 8.28. The van der Waals surface area contributed by atoms with Crippen molar-refractivity contribution in [1.82, 2.24) is 9.78 Å². The molecule has 0 saturated carbocycles. The molecule has 0 spiro atoms. The Kier molecular flexibility index (Phi) is 4.03. The van der Waals surface area contributed by atoms with Gasteiger partial charge < -0.3 is 5.73 Å². The van der Waals surface area contributed by atoms with Crippen molar-refractivity contribution in [3.63, 3.8) is 0 Å². The summed E-state index contributed by atoms with van der Waals surface area (Å²) in [5.74, 6) is 0.668. The molecule has 1 aromatic heterocycles. The summed E-state index contributed by atoms with van der Waals surface area (Å²) < 4.78 is 3.93. The molecule has 0 amide bonds. The number of rotatable bonds is 2. The average Bonchev–Trinajstić information content (AvgIpc) is 2.75. The molecular weight excluding hydrogens is 441 g/mol. The first kappa shape index (κ1) is 14.6. The van der Waals surface area contributed by atoms with E-state index in [1.807, 2.05) is 25.2 Å². The summed E-state index contributed by atoms with van der Waals surface area (Å²) in [6.07, 6.45) is 0. The van der Waals surface area contributed by atoms with Crippen LogP contribution in [0.4, 0.5) is 5.82 Å². The first-order chi connectivity index (χ1) is 10.1. The number of halogens is 2. The Labute approximate surface area is 145 Å². The monoisotopic (exact) mass is 453 g/mol. The van der Waals surface area contributed by atoms with Crippen LogP contribution in [0, 0.1) is 3.57 Å². The molecule has 3 rings (SSSR count). The molecule has 0 bridgehead atoms. The topological polar surface area (TPSA) is 43.8 Å². The maximum Gasteiger partial charge on any atom is 0.129 e. The normalized spacial score (nSPS) is 10.8. The predicted octanol–water partition coefficient (Wildman–Crippen LogP) is 4.70. The number of aryl methyl sites for hydroxylation is 1. The van der Waals surface area contributed by atoms with Gasteiger partial charge in [0.15, 0.2) is 0 Å². The van der Waals surface area contributed by atoms with E-state index in [1.165, 1.54) is 3.57 Å². The quantitative estimate of drug-likeness (QED) is 0.571. The minimum Gasteiger partial charge on any atom is -0.383 e. The fourth-order valence-electron chi connectivity index (χ4n) is 2.30. The van der Waals surface area contributed by atoms with Crippen LogP contribution >= 0.6 is 38.5 Å². The lowest BCUT2D eigenvalue weighted by Gasteiger charge is -2.05. The van der Waals surface area contributed by atoms with Crippen molar-refractivity contribution >= 4 is 44.3 Å². The predicted molar refractivity (Wildman–Crippen MR) is 98.9 cm³/mol. The summed E-state index contributed by atoms with van der Waals surface area (Å²) in [5, 5.41) is 4.60. The molecule has 1 heterocycles. The lowest BCUT2D eigenvalue weighted by molar-refractivity contribution is 0.782. The largest absolute Gasteiger partial charge is 0.383 e. The van der Waals surface area contributed by atoms with Crippen LogP contribution in [0.3, 0.4) is 0 Å². The zero-order valence-corrected chi connectivity index (χ0v) is 15.1. The summed E-state index contributed by atoms with van der Waals surface area (Å²) in [6.45, 7) is 0. The van der Waals surface area contributed by atoms with E-state index in [2.05, 4.69) is 74.0 Å². The van der Waals surface area contributed by atoms with Crippen LogP contribution in [0.15, 0.2) is 53.0 Å². The third-order valence-corrected chi connectivity index (χ3v) is 4.47. The number of nitrogens with zero attached hydrogens (tertiary/aromatic N) is 2. The second-order valence-electron chi connectivity index (χ2n) is 4.75. The van der Waals surface area contributed by atoms with Crippen molar-refractivity contribution in [3.05, 3.63) is 56.6 Å². The van der Waals surface area contributed by atoms with Gasteiger partial charge >= 0.3 is 0 Å². The van der Waals surface area contributed by atoms with Crippen LogP contribution in [-0.4, -0.2) is 9.78 Å². The molecule has 0 fully saturated rings. The lowest BCUT2D eigenvalue weighted by Crippen LogP contribution is -1.97. The molecule has 5 heteroatoms. The van der Waals surface area contributed by atoms with E-state index in [0.717, 1.165) is 26.9 Å². The van der Waals surface area contributed by atoms with Crippen molar-refractivity contribution in [2.45, 2.75) is 0 Å². The molecule has 3 nitrogen and oxygen atoms in total. The molecule has 3 aromatic rings. The second-order valence-corrected chi connectivity index (χ2v) is 6.91. The molecule has 0 atom stereocenters. The standard InChI is InChI=1S/C16H13BrIN3/c1-21-16(19)14(10-4-2-6-12(17)8-10)15(20-21)11-5-3-7-13(18)9-11/h2-9H,19H2,1H3. The van der Waals surface area contributed by atoms with Gasteiger partial charge in [0.1, 0.15) is 11.5 Å². The molecule has 0 aliphatic carbocycles. The van der Waals surface area contributed by atoms with Crippen LogP contribution in [0.2, 0.25) is 0 Å². The van der Waals surface area contributed by atoms with Crippen molar-refractivity contribution in [1.29, 1.82) is 0 Å². The van der Waals surface area contributed by atoms with E-state index in [-0.39, 0.29) is 0 Å². The van der Waals surface area contributed by atoms with Crippen molar-refractivity contribution in [2.75, 3.05) is 5.73 Å². The highest BCUT2D eigenvalue weighted by Crippen LogP contribution is 2.37. The Hall–Kier alpha value is -1.34. The second kappa shape index (κ2) is 5.81. The van der Waals surface area contributed by atoms with E-state index in [1.54, 1.807) is 4.68 Å². The van der Waals surface area contributed by atoms with Crippen LogP contribution < -0.4 is 5.73 Å². The Morgan fingerprint density at radius 2 is 1.81 bits per heavy atom. The molecule has 2 aromatic carbocycles. The van der Waals surface area contributed by atoms with Gasteiger partial charge in [0, 0.05) is 20.7 Å². The molecule has 0 saturated heterocycles. The zero-order chi connectivity index (χ0) is 15.0. The summed E-state index contributed by atoms with van der Waals surface area (Å²) in [5.41, 5.74) is 10.3. The molecule has 0 aliphatic rings. The molecule has 0 unspecified atom stereocenters. The van der Waals surface area contributed by atoms with Crippen molar-refractivity contribution < 1.29 is 0 Å². The highest BCUT2D eigenvalue weighted by atomic mass is 127. The maximum absolute atomic E-state index is 6.24. The maximum atomic E-state index is 6.24. The Morgan fingerprint density at radius 1 is 1.10 bits per heavy atom. The Bertz CT molecular complexity index is 811. The molecular formula is C16H13BrIN3. The van der Waals surface area contributed by atoms with Gasteiger partial charge in [-0.1, -0.05) is 40.2 Å². The van der Waals surface area contributed by atoms with Crippen LogP contribution in [0.5, 0.6) is 0 Å². The zero-order valence-electron chi connectivity index (χ0n) is 11.3. The fourth-order valence-corrected chi connectivity index (χ4v) is 3.25. The molecule has 106 valence electrons. The van der Waals surface area contributed by atoms with E-state index < -0.39 is 0 Å². The molecule has 0 radical (unpaired) electrons. The molecule has 21 heavy (non-hydrogen) atoms. The van der Waals surface area contributed by atoms with E-state index in [0.29, 0.717) is 5.82 Å². The average molecular weight is 454 g/mol. The van der Waals surface area contributed by atoms with Crippen LogP contribution in [0.1, 0.15) is 0 Å². The lowest BCUT2D eigenvalue weighted by atomic mass is 10.0. The Morgan fingerprint density at radius 3 is 2.52 bits per heavy atom. The highest BCUT2D eigenvalue weighted by molar-refractivity contribution is 14.1. The highest BCUT2D eigenvalue weighted by Gasteiger charge is 2.17. The van der Waals surface area contributed by atoms with E-state index in [9.17, 15) is 0 Å². The number of anilines is 1. The number of benzene rings is 2. The fraction of sp³-hybridized carbons (Fsp3) is 0.0625.